The van der Waals surface area contributed by atoms with Crippen LogP contribution in [-0.2, 0) is 17.6 Å². The highest BCUT2D eigenvalue weighted by atomic mass is 16.2. The zero-order chi connectivity index (χ0) is 23.4. The van der Waals surface area contributed by atoms with Crippen molar-refractivity contribution in [2.45, 2.75) is 26.2 Å². The summed E-state index contributed by atoms with van der Waals surface area (Å²) in [6.45, 7) is 2.89. The van der Waals surface area contributed by atoms with E-state index in [1.807, 2.05) is 43.3 Å². The van der Waals surface area contributed by atoms with E-state index in [9.17, 15) is 9.59 Å². The zero-order valence-corrected chi connectivity index (χ0v) is 18.6. The van der Waals surface area contributed by atoms with Gasteiger partial charge in [-0.1, -0.05) is 36.4 Å². The van der Waals surface area contributed by atoms with Crippen molar-refractivity contribution in [3.63, 3.8) is 0 Å². The molecule has 1 fully saturated rings. The van der Waals surface area contributed by atoms with Crippen LogP contribution in [0.25, 0.3) is 0 Å². The molecule has 0 spiro atoms. The van der Waals surface area contributed by atoms with Crippen LogP contribution in [0.4, 0.5) is 0 Å². The number of nitriles is 1. The van der Waals surface area contributed by atoms with Gasteiger partial charge in [-0.2, -0.15) is 5.26 Å². The number of aromatic nitrogens is 2. The average molecular weight is 442 g/mol. The second-order valence-corrected chi connectivity index (χ2v) is 8.80. The van der Waals surface area contributed by atoms with Gasteiger partial charge in [0.15, 0.2) is 0 Å². The fourth-order valence-electron chi connectivity index (χ4n) is 4.85. The lowest BCUT2D eigenvalue weighted by molar-refractivity contribution is -0.134. The molecule has 0 aliphatic carbocycles. The van der Waals surface area contributed by atoms with Gasteiger partial charge in [0.2, 0.25) is 5.91 Å². The molecule has 0 radical (unpaired) electrons. The number of benzene rings is 2. The molecule has 1 aromatic heterocycles. The van der Waals surface area contributed by atoms with Crippen molar-refractivity contribution in [2.24, 2.45) is 17.1 Å². The molecule has 1 aliphatic heterocycles. The van der Waals surface area contributed by atoms with Crippen molar-refractivity contribution in [1.29, 1.82) is 5.26 Å². The highest BCUT2D eigenvalue weighted by Gasteiger charge is 2.48. The van der Waals surface area contributed by atoms with E-state index in [4.69, 9.17) is 11.0 Å². The van der Waals surface area contributed by atoms with Gasteiger partial charge in [-0.15, -0.1) is 0 Å². The highest BCUT2D eigenvalue weighted by molar-refractivity contribution is 5.92. The van der Waals surface area contributed by atoms with Gasteiger partial charge in [-0.25, -0.2) is 4.98 Å². The van der Waals surface area contributed by atoms with Gasteiger partial charge in [0.25, 0.3) is 5.91 Å². The lowest BCUT2D eigenvalue weighted by atomic mass is 9.64. The number of nitrogens with zero attached hydrogens (tertiary/aromatic N) is 3. The van der Waals surface area contributed by atoms with Gasteiger partial charge < -0.3 is 15.6 Å². The Labute approximate surface area is 193 Å². The molecule has 2 unspecified atom stereocenters. The minimum atomic E-state index is -0.787. The van der Waals surface area contributed by atoms with E-state index in [2.05, 4.69) is 16.0 Å². The van der Waals surface area contributed by atoms with E-state index < -0.39 is 5.41 Å². The van der Waals surface area contributed by atoms with E-state index >= 15 is 0 Å². The van der Waals surface area contributed by atoms with Crippen LogP contribution in [0, 0.1) is 29.6 Å². The standard InChI is InChI=1S/C26H27N5O2/c1-18-4-2-3-5-21(18)13-26(25(28)33)10-11-31(24(32)23-15-29-17-30-23)16-22(26)12-19-6-8-20(14-27)9-7-19/h2-9,15,17,22H,10-13,16H2,1H3,(H2,28,33)(H,29,30). The molecule has 2 heterocycles. The number of aryl methyl sites for hydroxylation is 1. The second-order valence-electron chi connectivity index (χ2n) is 8.80. The van der Waals surface area contributed by atoms with Crippen LogP contribution < -0.4 is 5.73 Å². The van der Waals surface area contributed by atoms with Gasteiger partial charge >= 0.3 is 0 Å². The Morgan fingerprint density at radius 1 is 1.24 bits per heavy atom. The van der Waals surface area contributed by atoms with E-state index in [1.165, 1.54) is 12.5 Å². The summed E-state index contributed by atoms with van der Waals surface area (Å²) >= 11 is 0. The lowest BCUT2D eigenvalue weighted by Crippen LogP contribution is -2.56. The van der Waals surface area contributed by atoms with Crippen LogP contribution in [-0.4, -0.2) is 39.8 Å². The molecular weight excluding hydrogens is 414 g/mol. The van der Waals surface area contributed by atoms with Gasteiger partial charge in [-0.05, 0) is 60.9 Å². The Morgan fingerprint density at radius 2 is 2.00 bits per heavy atom. The number of H-pyrrole nitrogens is 1. The average Bonchev–Trinajstić information content (AvgIpc) is 3.36. The van der Waals surface area contributed by atoms with Crippen molar-refractivity contribution >= 4 is 11.8 Å². The first-order valence-electron chi connectivity index (χ1n) is 11.0. The number of rotatable bonds is 6. The Balaban J connectivity index is 1.69. The molecule has 3 aromatic rings. The molecule has 3 N–H and O–H groups in total. The van der Waals surface area contributed by atoms with Crippen LogP contribution in [0.5, 0.6) is 0 Å². The third-order valence-corrected chi connectivity index (χ3v) is 6.89. The van der Waals surface area contributed by atoms with Crippen molar-refractivity contribution in [2.75, 3.05) is 13.1 Å². The van der Waals surface area contributed by atoms with Crippen LogP contribution >= 0.6 is 0 Å². The van der Waals surface area contributed by atoms with Gasteiger partial charge in [0.05, 0.1) is 29.6 Å². The molecule has 2 aromatic carbocycles. The Kier molecular flexibility index (Phi) is 6.27. The Morgan fingerprint density at radius 3 is 2.64 bits per heavy atom. The minimum absolute atomic E-state index is 0.133. The molecular formula is C26H27N5O2. The first-order chi connectivity index (χ1) is 15.9. The molecule has 0 saturated carbocycles. The predicted molar refractivity (Wildman–Crippen MR) is 124 cm³/mol. The van der Waals surface area contributed by atoms with Crippen LogP contribution in [0.2, 0.25) is 0 Å². The lowest BCUT2D eigenvalue weighted by Gasteiger charge is -2.46. The first-order valence-corrected chi connectivity index (χ1v) is 11.0. The molecule has 1 aliphatic rings. The van der Waals surface area contributed by atoms with Gasteiger partial charge in [0, 0.05) is 13.1 Å². The number of aromatic amines is 1. The zero-order valence-electron chi connectivity index (χ0n) is 18.6. The first kappa shape index (κ1) is 22.3. The van der Waals surface area contributed by atoms with Crippen molar-refractivity contribution in [3.05, 3.63) is 89.0 Å². The molecule has 7 nitrogen and oxygen atoms in total. The maximum atomic E-state index is 13.1. The van der Waals surface area contributed by atoms with E-state index in [1.54, 1.807) is 17.0 Å². The van der Waals surface area contributed by atoms with E-state index in [0.717, 1.165) is 16.7 Å². The van der Waals surface area contributed by atoms with Crippen LogP contribution in [0.3, 0.4) is 0 Å². The molecule has 168 valence electrons. The quantitative estimate of drug-likeness (QED) is 0.612. The summed E-state index contributed by atoms with van der Waals surface area (Å²) in [6, 6.07) is 17.5. The predicted octanol–water partition coefficient (Wildman–Crippen LogP) is 3.01. The smallest absolute Gasteiger partial charge is 0.271 e. The highest BCUT2D eigenvalue weighted by Crippen LogP contribution is 2.42. The number of hydrogen-bond donors (Lipinski definition) is 2. The topological polar surface area (TPSA) is 116 Å². The van der Waals surface area contributed by atoms with Crippen molar-refractivity contribution in [3.8, 4) is 6.07 Å². The van der Waals surface area contributed by atoms with Gasteiger partial charge in [0.1, 0.15) is 5.69 Å². The van der Waals surface area contributed by atoms with Crippen molar-refractivity contribution < 1.29 is 9.59 Å². The Bertz CT molecular complexity index is 1180. The molecule has 4 rings (SSSR count). The number of primary amides is 1. The summed E-state index contributed by atoms with van der Waals surface area (Å²) in [5.74, 6) is -0.646. The molecule has 1 saturated heterocycles. The molecule has 2 amide bonds. The normalized spacial score (nSPS) is 20.2. The maximum absolute atomic E-state index is 13.1. The number of likely N-dealkylation sites (tertiary alicyclic amines) is 1. The second kappa shape index (κ2) is 9.29. The maximum Gasteiger partial charge on any atom is 0.271 e. The fourth-order valence-corrected chi connectivity index (χ4v) is 4.85. The number of amides is 2. The molecule has 33 heavy (non-hydrogen) atoms. The number of hydrogen-bond acceptors (Lipinski definition) is 4. The summed E-state index contributed by atoms with van der Waals surface area (Å²) in [7, 11) is 0. The molecule has 7 heteroatoms. The Hall–Kier alpha value is -3.92. The number of nitrogens with two attached hydrogens (primary N) is 1. The molecule has 0 bridgehead atoms. The number of nitrogens with one attached hydrogen (secondary N) is 1. The van der Waals surface area contributed by atoms with Crippen LogP contribution in [0.15, 0.2) is 61.1 Å². The van der Waals surface area contributed by atoms with Crippen molar-refractivity contribution in [1.82, 2.24) is 14.9 Å². The van der Waals surface area contributed by atoms with Crippen LogP contribution in [0.1, 0.15) is 39.2 Å². The number of carbonyl (C=O) groups excluding carboxylic acids is 2. The SMILES string of the molecule is Cc1ccccc1CC1(C(N)=O)CCN(C(=O)c2cnc[nH]2)CC1Cc1ccc(C#N)cc1. The number of piperidine rings is 1. The fraction of sp³-hybridized carbons (Fsp3) is 0.308. The summed E-state index contributed by atoms with van der Waals surface area (Å²) in [5.41, 5.74) is 9.54. The summed E-state index contributed by atoms with van der Waals surface area (Å²) < 4.78 is 0. The third-order valence-electron chi connectivity index (χ3n) is 6.89. The van der Waals surface area contributed by atoms with Gasteiger partial charge in [-0.3, -0.25) is 9.59 Å². The number of imidazole rings is 1. The summed E-state index contributed by atoms with van der Waals surface area (Å²) in [5, 5.41) is 9.12. The molecule has 2 atom stereocenters. The van der Waals surface area contributed by atoms with E-state index in [-0.39, 0.29) is 17.7 Å². The monoisotopic (exact) mass is 441 g/mol. The minimum Gasteiger partial charge on any atom is -0.369 e. The summed E-state index contributed by atoms with van der Waals surface area (Å²) in [6.07, 6.45) is 4.59. The van der Waals surface area contributed by atoms with E-state index in [0.29, 0.717) is 43.6 Å². The summed E-state index contributed by atoms with van der Waals surface area (Å²) in [4.78, 5) is 34.7. The third kappa shape index (κ3) is 4.51. The number of carbonyl (C=O) groups is 2. The largest absolute Gasteiger partial charge is 0.369 e.